The predicted octanol–water partition coefficient (Wildman–Crippen LogP) is 2.88. The van der Waals surface area contributed by atoms with Crippen LogP contribution >= 0.6 is 38.9 Å². The minimum Gasteiger partial charge on any atom is -0.343 e. The van der Waals surface area contributed by atoms with E-state index in [9.17, 15) is 0 Å². The fraction of sp³-hybridized carbons (Fsp3) is 0.333. The molecular weight excluding hydrogens is 314 g/mol. The second kappa shape index (κ2) is 5.77. The van der Waals surface area contributed by atoms with Crippen LogP contribution in [-0.4, -0.2) is 16.7 Å². The third-order valence-corrected chi connectivity index (χ3v) is 4.40. The van der Waals surface area contributed by atoms with Crippen LogP contribution in [0, 0.1) is 0 Å². The van der Waals surface area contributed by atoms with Gasteiger partial charge in [-0.3, -0.25) is 0 Å². The summed E-state index contributed by atoms with van der Waals surface area (Å²) in [5.41, 5.74) is 0. The molecule has 0 amide bonds. The first-order valence-electron chi connectivity index (χ1n) is 4.65. The topological polar surface area (TPSA) is 51.0 Å². The highest BCUT2D eigenvalue weighted by Gasteiger charge is 2.04. The van der Waals surface area contributed by atoms with Crippen molar-refractivity contribution in [3.05, 3.63) is 32.0 Å². The molecule has 2 rings (SSSR count). The number of hydrogen-bond donors (Lipinski definition) is 1. The van der Waals surface area contributed by atoms with Crippen LogP contribution in [0.1, 0.15) is 10.7 Å². The molecule has 0 unspecified atom stereocenters. The number of halogens is 2. The minimum atomic E-state index is 0.720. The van der Waals surface area contributed by atoms with Crippen LogP contribution < -0.4 is 5.32 Å². The fourth-order valence-electron chi connectivity index (χ4n) is 1.19. The first-order chi connectivity index (χ1) is 7.75. The van der Waals surface area contributed by atoms with Crippen LogP contribution in [-0.2, 0) is 13.0 Å². The Balaban J connectivity index is 1.72. The molecule has 2 heterocycles. The van der Waals surface area contributed by atoms with E-state index in [-0.39, 0.29) is 0 Å². The molecule has 0 atom stereocenters. The van der Waals surface area contributed by atoms with Gasteiger partial charge in [-0.15, -0.1) is 11.3 Å². The molecule has 0 spiro atoms. The van der Waals surface area contributed by atoms with Crippen LogP contribution in [0.15, 0.2) is 21.5 Å². The van der Waals surface area contributed by atoms with Gasteiger partial charge in [0.05, 0.1) is 0 Å². The molecule has 7 heteroatoms. The number of nitrogens with one attached hydrogen (secondary N) is 1. The number of aromatic nitrogens is 2. The van der Waals surface area contributed by atoms with Gasteiger partial charge < -0.3 is 9.84 Å². The van der Waals surface area contributed by atoms with E-state index >= 15 is 0 Å². The van der Waals surface area contributed by atoms with Crippen molar-refractivity contribution in [2.45, 2.75) is 13.0 Å². The fourth-order valence-corrected chi connectivity index (χ4v) is 2.95. The number of nitrogens with zero attached hydrogens (tertiary/aromatic N) is 2. The Morgan fingerprint density at radius 3 is 3.06 bits per heavy atom. The van der Waals surface area contributed by atoms with Crippen LogP contribution in [0.4, 0.5) is 0 Å². The molecule has 2 aromatic rings. The summed E-state index contributed by atoms with van der Waals surface area (Å²) in [5, 5.41) is 7.02. The summed E-state index contributed by atoms with van der Waals surface area (Å²) in [4.78, 5) is 5.13. The van der Waals surface area contributed by atoms with Crippen LogP contribution in [0.5, 0.6) is 0 Å². The summed E-state index contributed by atoms with van der Waals surface area (Å²) >= 11 is 10.9. The van der Waals surface area contributed by atoms with Gasteiger partial charge in [0.15, 0.2) is 5.82 Å². The first-order valence-corrected chi connectivity index (χ1v) is 6.64. The van der Waals surface area contributed by atoms with Crippen molar-refractivity contribution in [1.82, 2.24) is 15.5 Å². The second-order valence-electron chi connectivity index (χ2n) is 3.11. The normalized spacial score (nSPS) is 10.9. The van der Waals surface area contributed by atoms with E-state index in [4.69, 9.17) is 11.6 Å². The van der Waals surface area contributed by atoms with E-state index in [0.29, 0.717) is 0 Å². The molecule has 0 saturated heterocycles. The maximum absolute atomic E-state index is 5.93. The monoisotopic (exact) mass is 321 g/mol. The maximum Gasteiger partial charge on any atom is 0.213 e. The molecule has 4 nitrogen and oxygen atoms in total. The Morgan fingerprint density at radius 2 is 2.44 bits per heavy atom. The zero-order valence-corrected chi connectivity index (χ0v) is 11.4. The third-order valence-electron chi connectivity index (χ3n) is 1.93. The van der Waals surface area contributed by atoms with E-state index < -0.39 is 0 Å². The second-order valence-corrected chi connectivity index (χ2v) is 5.70. The molecule has 0 saturated carbocycles. The Kier molecular flexibility index (Phi) is 4.34. The van der Waals surface area contributed by atoms with E-state index in [1.165, 1.54) is 11.3 Å². The van der Waals surface area contributed by atoms with Gasteiger partial charge in [0.1, 0.15) is 4.34 Å². The minimum absolute atomic E-state index is 0.720. The largest absolute Gasteiger partial charge is 0.343 e. The standard InChI is InChI=1S/C9H9BrClN3OS/c10-7-3-6(16-9(7)11)4-12-2-1-8-13-5-15-14-8/h3,5,12H,1-2,4H2. The summed E-state index contributed by atoms with van der Waals surface area (Å²) in [6.07, 6.45) is 2.10. The van der Waals surface area contributed by atoms with Gasteiger partial charge in [-0.05, 0) is 22.0 Å². The molecule has 0 fully saturated rings. The summed E-state index contributed by atoms with van der Waals surface area (Å²) in [7, 11) is 0. The highest BCUT2D eigenvalue weighted by Crippen LogP contribution is 2.31. The average Bonchev–Trinajstić information content (AvgIpc) is 2.85. The maximum atomic E-state index is 5.93. The molecule has 0 aromatic carbocycles. The van der Waals surface area contributed by atoms with Gasteiger partial charge in [-0.2, -0.15) is 4.98 Å². The molecule has 0 aliphatic heterocycles. The molecule has 1 N–H and O–H groups in total. The summed E-state index contributed by atoms with van der Waals surface area (Å²) < 4.78 is 6.38. The van der Waals surface area contributed by atoms with Crippen molar-refractivity contribution < 1.29 is 4.52 Å². The van der Waals surface area contributed by atoms with Crippen molar-refractivity contribution in [3.63, 3.8) is 0 Å². The van der Waals surface area contributed by atoms with Crippen molar-refractivity contribution in [3.8, 4) is 0 Å². The van der Waals surface area contributed by atoms with Crippen molar-refractivity contribution >= 4 is 38.9 Å². The highest BCUT2D eigenvalue weighted by molar-refractivity contribution is 9.10. The number of rotatable bonds is 5. The molecule has 0 aliphatic carbocycles. The lowest BCUT2D eigenvalue weighted by molar-refractivity contribution is 0.409. The van der Waals surface area contributed by atoms with Gasteiger partial charge in [-0.25, -0.2) is 0 Å². The van der Waals surface area contributed by atoms with Crippen molar-refractivity contribution in [2.75, 3.05) is 6.54 Å². The summed E-state index contributed by atoms with van der Waals surface area (Å²) in [6.45, 7) is 1.61. The zero-order chi connectivity index (χ0) is 11.4. The molecule has 16 heavy (non-hydrogen) atoms. The van der Waals surface area contributed by atoms with E-state index in [1.54, 1.807) is 11.3 Å². The lowest BCUT2D eigenvalue weighted by atomic mass is 10.4. The summed E-state index contributed by atoms with van der Waals surface area (Å²) in [5.74, 6) is 0.720. The average molecular weight is 323 g/mol. The van der Waals surface area contributed by atoms with Gasteiger partial charge >= 0.3 is 0 Å². The molecule has 0 aliphatic rings. The van der Waals surface area contributed by atoms with E-state index in [0.717, 1.165) is 34.1 Å². The van der Waals surface area contributed by atoms with E-state index in [1.807, 2.05) is 6.07 Å². The Morgan fingerprint density at radius 1 is 1.56 bits per heavy atom. The Bertz CT molecular complexity index is 426. The Labute approximate surface area is 110 Å². The molecule has 86 valence electrons. The van der Waals surface area contributed by atoms with Gasteiger partial charge in [-0.1, -0.05) is 16.8 Å². The van der Waals surface area contributed by atoms with Gasteiger partial charge in [0.2, 0.25) is 6.39 Å². The van der Waals surface area contributed by atoms with Crippen LogP contribution in [0.3, 0.4) is 0 Å². The molecule has 0 radical (unpaired) electrons. The number of thiophene rings is 1. The highest BCUT2D eigenvalue weighted by atomic mass is 79.9. The predicted molar refractivity (Wildman–Crippen MR) is 66.7 cm³/mol. The summed E-state index contributed by atoms with van der Waals surface area (Å²) in [6, 6.07) is 2.02. The first kappa shape index (κ1) is 12.0. The molecule has 2 aromatic heterocycles. The Hall–Kier alpha value is -0.430. The lowest BCUT2D eigenvalue weighted by Crippen LogP contribution is -2.16. The van der Waals surface area contributed by atoms with Gasteiger partial charge in [0, 0.05) is 28.9 Å². The third kappa shape index (κ3) is 3.28. The molecule has 0 bridgehead atoms. The van der Waals surface area contributed by atoms with Crippen LogP contribution in [0.2, 0.25) is 4.34 Å². The van der Waals surface area contributed by atoms with Crippen molar-refractivity contribution in [2.24, 2.45) is 0 Å². The lowest BCUT2D eigenvalue weighted by Gasteiger charge is -1.99. The van der Waals surface area contributed by atoms with Crippen molar-refractivity contribution in [1.29, 1.82) is 0 Å². The number of hydrogen-bond acceptors (Lipinski definition) is 5. The smallest absolute Gasteiger partial charge is 0.213 e. The quantitative estimate of drug-likeness (QED) is 0.860. The van der Waals surface area contributed by atoms with Gasteiger partial charge in [0.25, 0.3) is 0 Å². The zero-order valence-electron chi connectivity index (χ0n) is 8.24. The van der Waals surface area contributed by atoms with E-state index in [2.05, 4.69) is 35.9 Å². The SMILES string of the molecule is Clc1sc(CNCCc2ncon2)cc1Br. The molecular formula is C9H9BrClN3OS. The van der Waals surface area contributed by atoms with Crippen LogP contribution in [0.25, 0.3) is 0 Å².